The second kappa shape index (κ2) is 7.69. The molecule has 0 saturated heterocycles. The van der Waals surface area contributed by atoms with E-state index in [1.165, 1.54) is 0 Å². The fraction of sp³-hybridized carbons (Fsp3) is 0.667. The molecule has 0 aromatic heterocycles. The van der Waals surface area contributed by atoms with Gasteiger partial charge in [-0.1, -0.05) is 24.9 Å². The monoisotopic (exact) mass is 228 g/mol. The van der Waals surface area contributed by atoms with Gasteiger partial charge in [-0.3, -0.25) is 0 Å². The minimum Gasteiger partial charge on any atom is -0.367 e. The molecule has 0 fully saturated rings. The summed E-state index contributed by atoms with van der Waals surface area (Å²) in [7, 11) is 0. The SMILES string of the molecule is C=C(SC(=C)N(CC)CC)N(CC)CC. The number of thioether (sulfide) groups is 1. The van der Waals surface area contributed by atoms with Crippen molar-refractivity contribution in [3.05, 3.63) is 23.2 Å². The van der Waals surface area contributed by atoms with Gasteiger partial charge in [0.25, 0.3) is 0 Å². The summed E-state index contributed by atoms with van der Waals surface area (Å²) in [5.41, 5.74) is 0. The van der Waals surface area contributed by atoms with Gasteiger partial charge in [0.2, 0.25) is 0 Å². The average Bonchev–Trinajstić information content (AvgIpc) is 2.21. The third kappa shape index (κ3) is 4.65. The zero-order valence-corrected chi connectivity index (χ0v) is 11.4. The predicted octanol–water partition coefficient (Wildman–Crippen LogP) is 3.35. The van der Waals surface area contributed by atoms with Crippen molar-refractivity contribution in [2.45, 2.75) is 27.7 Å². The van der Waals surface area contributed by atoms with Crippen LogP contribution >= 0.6 is 11.8 Å². The highest BCUT2D eigenvalue weighted by Crippen LogP contribution is 2.27. The van der Waals surface area contributed by atoms with Gasteiger partial charge in [-0.2, -0.15) is 0 Å². The summed E-state index contributed by atoms with van der Waals surface area (Å²) in [6.45, 7) is 20.8. The summed E-state index contributed by atoms with van der Waals surface area (Å²) < 4.78 is 0. The van der Waals surface area contributed by atoms with Crippen molar-refractivity contribution in [3.8, 4) is 0 Å². The van der Waals surface area contributed by atoms with E-state index >= 15 is 0 Å². The highest BCUT2D eigenvalue weighted by molar-refractivity contribution is 8.06. The van der Waals surface area contributed by atoms with Gasteiger partial charge < -0.3 is 9.80 Å². The topological polar surface area (TPSA) is 6.48 Å². The van der Waals surface area contributed by atoms with Crippen LogP contribution in [0, 0.1) is 0 Å². The molecule has 0 aromatic rings. The Balaban J connectivity index is 4.21. The first-order valence-corrected chi connectivity index (χ1v) is 6.47. The van der Waals surface area contributed by atoms with Crippen LogP contribution in [0.4, 0.5) is 0 Å². The van der Waals surface area contributed by atoms with E-state index in [2.05, 4.69) is 50.7 Å². The molecule has 0 rings (SSSR count). The van der Waals surface area contributed by atoms with Crippen molar-refractivity contribution in [2.24, 2.45) is 0 Å². The molecule has 0 aliphatic carbocycles. The van der Waals surface area contributed by atoms with Crippen LogP contribution in [0.5, 0.6) is 0 Å². The molecule has 0 unspecified atom stereocenters. The van der Waals surface area contributed by atoms with Crippen LogP contribution in [0.1, 0.15) is 27.7 Å². The molecule has 0 spiro atoms. The summed E-state index contributed by atoms with van der Waals surface area (Å²) in [6.07, 6.45) is 0. The maximum absolute atomic E-state index is 4.09. The molecule has 0 radical (unpaired) electrons. The molecule has 15 heavy (non-hydrogen) atoms. The van der Waals surface area contributed by atoms with Crippen LogP contribution in [0.2, 0.25) is 0 Å². The Morgan fingerprint density at radius 3 is 1.27 bits per heavy atom. The normalized spacial score (nSPS) is 9.87. The van der Waals surface area contributed by atoms with E-state index in [0.717, 1.165) is 36.2 Å². The highest BCUT2D eigenvalue weighted by Gasteiger charge is 2.09. The number of nitrogens with zero attached hydrogens (tertiary/aromatic N) is 2. The second-order valence-corrected chi connectivity index (χ2v) is 4.38. The number of hydrogen-bond donors (Lipinski definition) is 0. The Labute approximate surface area is 99.0 Å². The van der Waals surface area contributed by atoms with Gasteiger partial charge in [0.15, 0.2) is 0 Å². The maximum atomic E-state index is 4.09. The lowest BCUT2D eigenvalue weighted by Gasteiger charge is -2.27. The molecular weight excluding hydrogens is 204 g/mol. The molecule has 0 aromatic carbocycles. The van der Waals surface area contributed by atoms with E-state index in [-0.39, 0.29) is 0 Å². The van der Waals surface area contributed by atoms with Gasteiger partial charge in [0.05, 0.1) is 10.1 Å². The van der Waals surface area contributed by atoms with E-state index in [0.29, 0.717) is 0 Å². The highest BCUT2D eigenvalue weighted by atomic mass is 32.2. The van der Waals surface area contributed by atoms with E-state index in [9.17, 15) is 0 Å². The Bertz CT molecular complexity index is 184. The van der Waals surface area contributed by atoms with Crippen LogP contribution in [0.25, 0.3) is 0 Å². The molecule has 0 N–H and O–H groups in total. The van der Waals surface area contributed by atoms with Crippen molar-refractivity contribution >= 4 is 11.8 Å². The molecule has 0 saturated carbocycles. The van der Waals surface area contributed by atoms with Gasteiger partial charge in [-0.15, -0.1) is 0 Å². The molecule has 0 aliphatic heterocycles. The summed E-state index contributed by atoms with van der Waals surface area (Å²) in [4.78, 5) is 4.50. The third-order valence-corrected chi connectivity index (χ3v) is 3.46. The zero-order valence-electron chi connectivity index (χ0n) is 10.5. The summed E-state index contributed by atoms with van der Waals surface area (Å²) in [5, 5.41) is 2.19. The predicted molar refractivity (Wildman–Crippen MR) is 71.7 cm³/mol. The van der Waals surface area contributed by atoms with E-state index in [1.54, 1.807) is 11.8 Å². The first kappa shape index (κ1) is 14.4. The molecular formula is C12H24N2S. The number of rotatable bonds is 8. The molecule has 0 bridgehead atoms. The van der Waals surface area contributed by atoms with Crippen molar-refractivity contribution in [1.82, 2.24) is 9.80 Å². The van der Waals surface area contributed by atoms with Crippen LogP contribution in [-0.4, -0.2) is 36.0 Å². The van der Waals surface area contributed by atoms with Crippen LogP contribution < -0.4 is 0 Å². The Kier molecular flexibility index (Phi) is 7.39. The van der Waals surface area contributed by atoms with Crippen LogP contribution in [0.3, 0.4) is 0 Å². The van der Waals surface area contributed by atoms with Gasteiger partial charge in [-0.25, -0.2) is 0 Å². The summed E-state index contributed by atoms with van der Waals surface area (Å²) in [6, 6.07) is 0. The van der Waals surface area contributed by atoms with E-state index in [4.69, 9.17) is 0 Å². The Hall–Kier alpha value is -0.570. The van der Waals surface area contributed by atoms with Gasteiger partial charge in [0.1, 0.15) is 0 Å². The average molecular weight is 228 g/mol. The number of hydrogen-bond acceptors (Lipinski definition) is 3. The molecule has 0 aliphatic rings. The lowest BCUT2D eigenvalue weighted by atomic mass is 10.5. The molecule has 0 amide bonds. The molecule has 2 nitrogen and oxygen atoms in total. The lowest BCUT2D eigenvalue weighted by molar-refractivity contribution is 0.401. The lowest BCUT2D eigenvalue weighted by Crippen LogP contribution is -2.23. The smallest absolute Gasteiger partial charge is 0.0696 e. The van der Waals surface area contributed by atoms with Crippen molar-refractivity contribution in [1.29, 1.82) is 0 Å². The third-order valence-electron chi connectivity index (χ3n) is 2.47. The maximum Gasteiger partial charge on any atom is 0.0696 e. The Morgan fingerprint density at radius 1 is 0.800 bits per heavy atom. The van der Waals surface area contributed by atoms with Crippen LogP contribution in [0.15, 0.2) is 23.2 Å². The fourth-order valence-corrected chi connectivity index (χ4v) is 2.46. The summed E-state index contributed by atoms with van der Waals surface area (Å²) in [5.74, 6) is 0. The molecule has 88 valence electrons. The minimum atomic E-state index is 1.01. The largest absolute Gasteiger partial charge is 0.367 e. The molecule has 0 heterocycles. The van der Waals surface area contributed by atoms with Gasteiger partial charge in [0, 0.05) is 26.2 Å². The molecule has 0 atom stereocenters. The minimum absolute atomic E-state index is 1.01. The van der Waals surface area contributed by atoms with E-state index in [1.807, 2.05) is 0 Å². The first-order valence-electron chi connectivity index (χ1n) is 5.66. The standard InChI is InChI=1S/C12H24N2S/c1-7-13(8-2)11(5)15-12(6)14(9-3)10-4/h5-10H2,1-4H3. The van der Waals surface area contributed by atoms with Gasteiger partial charge in [-0.05, 0) is 27.7 Å². The van der Waals surface area contributed by atoms with Gasteiger partial charge >= 0.3 is 0 Å². The quantitative estimate of drug-likeness (QED) is 0.629. The van der Waals surface area contributed by atoms with E-state index < -0.39 is 0 Å². The summed E-state index contributed by atoms with van der Waals surface area (Å²) >= 11 is 1.68. The van der Waals surface area contributed by atoms with Crippen molar-refractivity contribution < 1.29 is 0 Å². The van der Waals surface area contributed by atoms with Crippen molar-refractivity contribution in [2.75, 3.05) is 26.2 Å². The molecule has 3 heteroatoms. The first-order chi connectivity index (χ1) is 7.10. The Morgan fingerprint density at radius 2 is 1.07 bits per heavy atom. The fourth-order valence-electron chi connectivity index (χ4n) is 1.42. The van der Waals surface area contributed by atoms with Crippen molar-refractivity contribution in [3.63, 3.8) is 0 Å². The van der Waals surface area contributed by atoms with Crippen LogP contribution in [-0.2, 0) is 0 Å². The second-order valence-electron chi connectivity index (χ2n) is 3.23. The zero-order chi connectivity index (χ0) is 11.8.